The molecule has 0 aromatic carbocycles. The van der Waals surface area contributed by atoms with Crippen LogP contribution in [0.15, 0.2) is 0 Å². The van der Waals surface area contributed by atoms with Gasteiger partial charge in [0.25, 0.3) is 0 Å². The van der Waals surface area contributed by atoms with Gasteiger partial charge in [0, 0.05) is 19.2 Å². The van der Waals surface area contributed by atoms with E-state index in [0.29, 0.717) is 12.1 Å². The van der Waals surface area contributed by atoms with Crippen LogP contribution in [0.2, 0.25) is 0 Å². The lowest BCUT2D eigenvalue weighted by Crippen LogP contribution is -2.44. The summed E-state index contributed by atoms with van der Waals surface area (Å²) in [5.74, 6) is 0.194. The highest BCUT2D eigenvalue weighted by atomic mass is 16.5. The van der Waals surface area contributed by atoms with Crippen LogP contribution in [-0.2, 0) is 9.53 Å². The molecule has 1 aliphatic rings. The van der Waals surface area contributed by atoms with Gasteiger partial charge in [0.05, 0.1) is 12.0 Å². The summed E-state index contributed by atoms with van der Waals surface area (Å²) in [5.41, 5.74) is 0. The largest absolute Gasteiger partial charge is 0.381 e. The Morgan fingerprint density at radius 1 is 1.27 bits per heavy atom. The van der Waals surface area contributed by atoms with Crippen molar-refractivity contribution in [1.82, 2.24) is 4.90 Å². The van der Waals surface area contributed by atoms with Crippen LogP contribution in [0.5, 0.6) is 0 Å². The molecular weight excluding hydrogens is 190 g/mol. The summed E-state index contributed by atoms with van der Waals surface area (Å²) in [4.78, 5) is 14.2. The Hall–Kier alpha value is -0.570. The van der Waals surface area contributed by atoms with E-state index < -0.39 is 0 Å². The average Bonchev–Trinajstić information content (AvgIpc) is 2.55. The van der Waals surface area contributed by atoms with E-state index in [-0.39, 0.29) is 17.9 Å². The van der Waals surface area contributed by atoms with Crippen molar-refractivity contribution in [2.75, 3.05) is 7.11 Å². The van der Waals surface area contributed by atoms with E-state index in [1.165, 1.54) is 0 Å². The molecule has 3 heteroatoms. The molecule has 0 aliphatic carbocycles. The molecule has 3 nitrogen and oxygen atoms in total. The normalized spacial score (nSPS) is 30.3. The molecule has 1 heterocycles. The van der Waals surface area contributed by atoms with E-state index in [0.717, 1.165) is 12.8 Å². The monoisotopic (exact) mass is 213 g/mol. The SMILES string of the molecule is COC(C)C(C)C(=O)N1C(C)CC[C@H]1C. The molecule has 0 aromatic rings. The summed E-state index contributed by atoms with van der Waals surface area (Å²) < 4.78 is 5.22. The van der Waals surface area contributed by atoms with Gasteiger partial charge in [-0.3, -0.25) is 4.79 Å². The summed E-state index contributed by atoms with van der Waals surface area (Å²) in [6, 6.07) is 0.776. The van der Waals surface area contributed by atoms with Gasteiger partial charge in [0.1, 0.15) is 0 Å². The molecule has 0 bridgehead atoms. The van der Waals surface area contributed by atoms with Gasteiger partial charge in [-0.1, -0.05) is 6.92 Å². The zero-order valence-corrected chi connectivity index (χ0v) is 10.5. The van der Waals surface area contributed by atoms with Gasteiger partial charge in [0.15, 0.2) is 0 Å². The number of methoxy groups -OCH3 is 1. The molecule has 0 saturated carbocycles. The molecule has 1 aliphatic heterocycles. The third-order valence-electron chi connectivity index (χ3n) is 3.67. The second-order valence-electron chi connectivity index (χ2n) is 4.75. The maximum absolute atomic E-state index is 12.2. The van der Waals surface area contributed by atoms with Crippen molar-refractivity contribution >= 4 is 5.91 Å². The minimum atomic E-state index is -0.0435. The third kappa shape index (κ3) is 2.51. The summed E-state index contributed by atoms with van der Waals surface area (Å²) in [6.07, 6.45) is 2.25. The van der Waals surface area contributed by atoms with Crippen LogP contribution in [0.25, 0.3) is 0 Å². The highest BCUT2D eigenvalue weighted by molar-refractivity contribution is 5.80. The van der Waals surface area contributed by atoms with Gasteiger partial charge in [-0.25, -0.2) is 0 Å². The topological polar surface area (TPSA) is 29.5 Å². The number of rotatable bonds is 3. The third-order valence-corrected chi connectivity index (χ3v) is 3.67. The quantitative estimate of drug-likeness (QED) is 0.718. The predicted molar refractivity (Wildman–Crippen MR) is 60.6 cm³/mol. The summed E-state index contributed by atoms with van der Waals surface area (Å²) in [7, 11) is 1.66. The molecule has 15 heavy (non-hydrogen) atoms. The Balaban J connectivity index is 2.66. The van der Waals surface area contributed by atoms with Crippen molar-refractivity contribution in [2.24, 2.45) is 5.92 Å². The van der Waals surface area contributed by atoms with Crippen LogP contribution in [0, 0.1) is 5.92 Å². The fourth-order valence-electron chi connectivity index (χ4n) is 2.27. The summed E-state index contributed by atoms with van der Waals surface area (Å²) >= 11 is 0. The first-order valence-electron chi connectivity index (χ1n) is 5.84. The lowest BCUT2D eigenvalue weighted by Gasteiger charge is -2.31. The Bertz CT molecular complexity index is 220. The number of amides is 1. The Labute approximate surface area is 92.8 Å². The molecule has 1 fully saturated rings. The number of carbonyl (C=O) groups is 1. The number of carbonyl (C=O) groups excluding carboxylic acids is 1. The van der Waals surface area contributed by atoms with Gasteiger partial charge >= 0.3 is 0 Å². The molecule has 0 aromatic heterocycles. The Kier molecular flexibility index (Phi) is 4.14. The summed E-state index contributed by atoms with van der Waals surface area (Å²) in [6.45, 7) is 8.17. The van der Waals surface area contributed by atoms with Crippen molar-refractivity contribution < 1.29 is 9.53 Å². The molecule has 1 amide bonds. The number of ether oxygens (including phenoxy) is 1. The van der Waals surface area contributed by atoms with Crippen molar-refractivity contribution in [3.05, 3.63) is 0 Å². The molecule has 0 radical (unpaired) electrons. The smallest absolute Gasteiger partial charge is 0.228 e. The highest BCUT2D eigenvalue weighted by Gasteiger charge is 2.35. The first kappa shape index (κ1) is 12.5. The highest BCUT2D eigenvalue weighted by Crippen LogP contribution is 2.26. The van der Waals surface area contributed by atoms with E-state index in [4.69, 9.17) is 4.74 Å². The van der Waals surface area contributed by atoms with E-state index in [2.05, 4.69) is 13.8 Å². The minimum Gasteiger partial charge on any atom is -0.381 e. The molecule has 1 saturated heterocycles. The second-order valence-corrected chi connectivity index (χ2v) is 4.75. The van der Waals surface area contributed by atoms with Gasteiger partial charge in [-0.05, 0) is 33.6 Å². The van der Waals surface area contributed by atoms with Gasteiger partial charge in [0.2, 0.25) is 5.91 Å². The molecule has 1 rings (SSSR count). The van der Waals surface area contributed by atoms with Crippen molar-refractivity contribution in [3.63, 3.8) is 0 Å². The predicted octanol–water partition coefficient (Wildman–Crippen LogP) is 2.06. The van der Waals surface area contributed by atoms with Gasteiger partial charge in [-0.2, -0.15) is 0 Å². The van der Waals surface area contributed by atoms with Crippen molar-refractivity contribution in [2.45, 2.75) is 58.7 Å². The molecule has 4 atom stereocenters. The zero-order valence-electron chi connectivity index (χ0n) is 10.5. The van der Waals surface area contributed by atoms with E-state index in [1.807, 2.05) is 18.7 Å². The molecule has 3 unspecified atom stereocenters. The van der Waals surface area contributed by atoms with Gasteiger partial charge in [-0.15, -0.1) is 0 Å². The van der Waals surface area contributed by atoms with Gasteiger partial charge < -0.3 is 9.64 Å². The molecule has 0 N–H and O–H groups in total. The van der Waals surface area contributed by atoms with Crippen LogP contribution >= 0.6 is 0 Å². The Morgan fingerprint density at radius 3 is 2.13 bits per heavy atom. The van der Waals surface area contributed by atoms with E-state index >= 15 is 0 Å². The number of nitrogens with zero attached hydrogens (tertiary/aromatic N) is 1. The average molecular weight is 213 g/mol. The van der Waals surface area contributed by atoms with Crippen molar-refractivity contribution in [1.29, 1.82) is 0 Å². The number of hydrogen-bond acceptors (Lipinski definition) is 2. The van der Waals surface area contributed by atoms with E-state index in [9.17, 15) is 4.79 Å². The number of hydrogen-bond donors (Lipinski definition) is 0. The maximum Gasteiger partial charge on any atom is 0.228 e. The first-order valence-corrected chi connectivity index (χ1v) is 5.84. The zero-order chi connectivity index (χ0) is 11.6. The first-order chi connectivity index (χ1) is 6.99. The van der Waals surface area contributed by atoms with Crippen LogP contribution in [-0.4, -0.2) is 36.1 Å². The fourth-order valence-corrected chi connectivity index (χ4v) is 2.27. The Morgan fingerprint density at radius 2 is 1.73 bits per heavy atom. The molecule has 0 spiro atoms. The minimum absolute atomic E-state index is 0.00231. The van der Waals surface area contributed by atoms with Crippen LogP contribution < -0.4 is 0 Å². The maximum atomic E-state index is 12.2. The van der Waals surface area contributed by atoms with Crippen LogP contribution in [0.1, 0.15) is 40.5 Å². The second kappa shape index (κ2) is 4.97. The summed E-state index contributed by atoms with van der Waals surface area (Å²) in [5, 5.41) is 0. The lowest BCUT2D eigenvalue weighted by atomic mass is 10.0. The van der Waals surface area contributed by atoms with E-state index in [1.54, 1.807) is 7.11 Å². The van der Waals surface area contributed by atoms with Crippen LogP contribution in [0.4, 0.5) is 0 Å². The standard InChI is InChI=1S/C12H23NO2/c1-8-6-7-9(2)13(8)12(14)10(3)11(4)15-5/h8-11H,6-7H2,1-5H3/t8-,9?,10?,11?/m1/s1. The van der Waals surface area contributed by atoms with Crippen molar-refractivity contribution in [3.8, 4) is 0 Å². The number of likely N-dealkylation sites (tertiary alicyclic amines) is 1. The fraction of sp³-hybridized carbons (Fsp3) is 0.917. The molecular formula is C12H23NO2. The van der Waals surface area contributed by atoms with Crippen LogP contribution in [0.3, 0.4) is 0 Å². The molecule has 88 valence electrons. The lowest BCUT2D eigenvalue weighted by molar-refractivity contribution is -0.141.